The number of carbonyl (C=O) groups is 2. The molecule has 0 spiro atoms. The van der Waals surface area contributed by atoms with Gasteiger partial charge in [-0.2, -0.15) is 0 Å². The predicted octanol–water partition coefficient (Wildman–Crippen LogP) is 3.79. The minimum atomic E-state index is -0.476. The van der Waals surface area contributed by atoms with Crippen molar-refractivity contribution in [1.82, 2.24) is 4.98 Å². The van der Waals surface area contributed by atoms with E-state index >= 15 is 0 Å². The smallest absolute Gasteiger partial charge is 0.255 e. The van der Waals surface area contributed by atoms with E-state index in [1.165, 1.54) is 18.5 Å². The number of hydrogen-bond acceptors (Lipinski definition) is 4. The van der Waals surface area contributed by atoms with Crippen molar-refractivity contribution in [3.63, 3.8) is 0 Å². The fourth-order valence-corrected chi connectivity index (χ4v) is 2.60. The summed E-state index contributed by atoms with van der Waals surface area (Å²) in [6, 6.07) is 14.2. The van der Waals surface area contributed by atoms with Crippen molar-refractivity contribution < 1.29 is 14.0 Å². The van der Waals surface area contributed by atoms with Crippen LogP contribution in [0.1, 0.15) is 20.7 Å². The summed E-state index contributed by atoms with van der Waals surface area (Å²) in [5.41, 5.74) is 2.08. The number of halogens is 1. The van der Waals surface area contributed by atoms with Gasteiger partial charge in [-0.3, -0.25) is 14.6 Å². The summed E-state index contributed by atoms with van der Waals surface area (Å²) in [5.74, 6) is -1.20. The first-order valence-electron chi connectivity index (χ1n) is 8.54. The number of nitrogens with one attached hydrogen (secondary N) is 2. The summed E-state index contributed by atoms with van der Waals surface area (Å²) < 4.78 is 14.1. The van der Waals surface area contributed by atoms with Crippen molar-refractivity contribution >= 4 is 28.9 Å². The third-order valence-corrected chi connectivity index (χ3v) is 4.01. The Morgan fingerprint density at radius 3 is 2.04 bits per heavy atom. The molecule has 0 unspecified atom stereocenters. The molecule has 0 aliphatic heterocycles. The van der Waals surface area contributed by atoms with Crippen molar-refractivity contribution in [2.24, 2.45) is 0 Å². The summed E-state index contributed by atoms with van der Waals surface area (Å²) >= 11 is 0. The van der Waals surface area contributed by atoms with Crippen molar-refractivity contribution in [1.29, 1.82) is 0 Å². The zero-order valence-electron chi connectivity index (χ0n) is 15.4. The van der Waals surface area contributed by atoms with Gasteiger partial charge in [0.2, 0.25) is 0 Å². The predicted molar refractivity (Wildman–Crippen MR) is 107 cm³/mol. The van der Waals surface area contributed by atoms with Crippen LogP contribution in [0.5, 0.6) is 0 Å². The highest BCUT2D eigenvalue weighted by Crippen LogP contribution is 2.20. The lowest BCUT2D eigenvalue weighted by molar-refractivity contribution is 0.101. The Bertz CT molecular complexity index is 1010. The van der Waals surface area contributed by atoms with E-state index in [4.69, 9.17) is 0 Å². The van der Waals surface area contributed by atoms with Crippen LogP contribution in [0, 0.1) is 5.82 Å². The van der Waals surface area contributed by atoms with Crippen LogP contribution in [-0.2, 0) is 0 Å². The maximum absolute atomic E-state index is 14.1. The highest BCUT2D eigenvalue weighted by Gasteiger charge is 2.12. The molecule has 7 heteroatoms. The number of nitrogens with zero attached hydrogens (tertiary/aromatic N) is 2. The van der Waals surface area contributed by atoms with Crippen LogP contribution in [0.15, 0.2) is 67.0 Å². The number of benzene rings is 2. The third kappa shape index (κ3) is 4.50. The molecule has 0 atom stereocenters. The molecule has 0 saturated heterocycles. The van der Waals surface area contributed by atoms with E-state index in [0.29, 0.717) is 22.6 Å². The van der Waals surface area contributed by atoms with Crippen LogP contribution in [0.4, 0.5) is 21.5 Å². The maximum atomic E-state index is 14.1. The molecule has 0 radical (unpaired) electrons. The Balaban J connectivity index is 1.71. The number of rotatable bonds is 5. The zero-order chi connectivity index (χ0) is 20.1. The van der Waals surface area contributed by atoms with Crippen molar-refractivity contribution in [3.05, 3.63) is 83.9 Å². The fourth-order valence-electron chi connectivity index (χ4n) is 2.60. The van der Waals surface area contributed by atoms with Crippen LogP contribution in [0.3, 0.4) is 0 Å². The van der Waals surface area contributed by atoms with Gasteiger partial charge in [-0.05, 0) is 48.5 Å². The van der Waals surface area contributed by atoms with Crippen LogP contribution < -0.4 is 15.5 Å². The maximum Gasteiger partial charge on any atom is 0.255 e. The molecular formula is C21H19FN4O2. The molecule has 2 aromatic carbocycles. The minimum absolute atomic E-state index is 0.203. The highest BCUT2D eigenvalue weighted by molar-refractivity contribution is 6.06. The molecule has 0 saturated carbocycles. The van der Waals surface area contributed by atoms with Crippen LogP contribution in [-0.4, -0.2) is 30.9 Å². The van der Waals surface area contributed by atoms with Gasteiger partial charge in [0.25, 0.3) is 11.8 Å². The second kappa shape index (κ2) is 8.30. The number of hydrogen-bond donors (Lipinski definition) is 2. The molecular weight excluding hydrogens is 359 g/mol. The molecule has 28 heavy (non-hydrogen) atoms. The van der Waals surface area contributed by atoms with Gasteiger partial charge in [-0.1, -0.05) is 6.07 Å². The Morgan fingerprint density at radius 1 is 0.857 bits per heavy atom. The topological polar surface area (TPSA) is 74.3 Å². The molecule has 0 aliphatic carbocycles. The first kappa shape index (κ1) is 19.0. The Labute approximate surface area is 162 Å². The van der Waals surface area contributed by atoms with E-state index in [2.05, 4.69) is 15.6 Å². The number of carbonyl (C=O) groups excluding carboxylic acids is 2. The summed E-state index contributed by atoms with van der Waals surface area (Å²) in [6.45, 7) is 0. The lowest BCUT2D eigenvalue weighted by Gasteiger charge is -2.14. The highest BCUT2D eigenvalue weighted by atomic mass is 19.1. The molecule has 3 aromatic rings. The number of amides is 2. The van der Waals surface area contributed by atoms with Gasteiger partial charge < -0.3 is 15.5 Å². The minimum Gasteiger partial charge on any atom is -0.375 e. The third-order valence-electron chi connectivity index (χ3n) is 4.01. The SMILES string of the molecule is CN(C)c1ccc(C(=O)Nc2cccc(NC(=O)c3ccncc3)c2)cc1F. The number of pyridine rings is 1. The largest absolute Gasteiger partial charge is 0.375 e. The van der Waals surface area contributed by atoms with Gasteiger partial charge in [0.05, 0.1) is 5.69 Å². The molecule has 0 aliphatic rings. The monoisotopic (exact) mass is 378 g/mol. The van der Waals surface area contributed by atoms with Gasteiger partial charge in [0.15, 0.2) is 0 Å². The molecule has 0 bridgehead atoms. The van der Waals surface area contributed by atoms with E-state index in [1.807, 2.05) is 0 Å². The van der Waals surface area contributed by atoms with Crippen molar-refractivity contribution in [2.75, 3.05) is 29.6 Å². The first-order chi connectivity index (χ1) is 13.4. The molecule has 1 heterocycles. The average Bonchev–Trinajstić information content (AvgIpc) is 2.68. The summed E-state index contributed by atoms with van der Waals surface area (Å²) in [7, 11) is 3.45. The Kier molecular flexibility index (Phi) is 5.64. The van der Waals surface area contributed by atoms with E-state index in [1.54, 1.807) is 67.5 Å². The summed E-state index contributed by atoms with van der Waals surface area (Å²) in [5, 5.41) is 5.46. The lowest BCUT2D eigenvalue weighted by Crippen LogP contribution is -2.15. The fraction of sp³-hybridized carbons (Fsp3) is 0.0952. The number of anilines is 3. The van der Waals surface area contributed by atoms with Crippen molar-refractivity contribution in [2.45, 2.75) is 0 Å². The molecule has 2 amide bonds. The van der Waals surface area contributed by atoms with Gasteiger partial charge >= 0.3 is 0 Å². The van der Waals surface area contributed by atoms with Crippen LogP contribution in [0.25, 0.3) is 0 Å². The standard InChI is InChI=1S/C21H19FN4O2/c1-26(2)19-7-6-15(12-18(19)22)21(28)25-17-5-3-4-16(13-17)24-20(27)14-8-10-23-11-9-14/h3-13H,1-2H3,(H,24,27)(H,25,28). The normalized spacial score (nSPS) is 10.2. The second-order valence-electron chi connectivity index (χ2n) is 6.29. The number of aromatic nitrogens is 1. The van der Waals surface area contributed by atoms with E-state index in [9.17, 15) is 14.0 Å². The van der Waals surface area contributed by atoms with Gasteiger partial charge in [-0.15, -0.1) is 0 Å². The average molecular weight is 378 g/mol. The van der Waals surface area contributed by atoms with Gasteiger partial charge in [0, 0.05) is 49.0 Å². The van der Waals surface area contributed by atoms with E-state index < -0.39 is 11.7 Å². The molecule has 2 N–H and O–H groups in total. The zero-order valence-corrected chi connectivity index (χ0v) is 15.4. The quantitative estimate of drug-likeness (QED) is 0.708. The van der Waals surface area contributed by atoms with E-state index in [-0.39, 0.29) is 11.5 Å². The van der Waals surface area contributed by atoms with Crippen LogP contribution in [0.2, 0.25) is 0 Å². The van der Waals surface area contributed by atoms with Crippen LogP contribution >= 0.6 is 0 Å². The van der Waals surface area contributed by atoms with Gasteiger partial charge in [-0.25, -0.2) is 4.39 Å². The Hall–Kier alpha value is -3.74. The second-order valence-corrected chi connectivity index (χ2v) is 6.29. The molecule has 0 fully saturated rings. The summed E-state index contributed by atoms with van der Waals surface area (Å²) in [6.07, 6.45) is 3.07. The molecule has 3 rings (SSSR count). The molecule has 142 valence electrons. The van der Waals surface area contributed by atoms with Gasteiger partial charge in [0.1, 0.15) is 5.82 Å². The molecule has 6 nitrogen and oxygen atoms in total. The molecule has 1 aromatic heterocycles. The first-order valence-corrected chi connectivity index (χ1v) is 8.54. The van der Waals surface area contributed by atoms with Crippen molar-refractivity contribution in [3.8, 4) is 0 Å². The lowest BCUT2D eigenvalue weighted by atomic mass is 10.1. The van der Waals surface area contributed by atoms with E-state index in [0.717, 1.165) is 0 Å². The summed E-state index contributed by atoms with van der Waals surface area (Å²) in [4.78, 5) is 30.1. The Morgan fingerprint density at radius 2 is 1.46 bits per heavy atom.